The van der Waals surface area contributed by atoms with Crippen LogP contribution in [0.3, 0.4) is 0 Å². The second-order valence-corrected chi connectivity index (χ2v) is 4.38. The van der Waals surface area contributed by atoms with Gasteiger partial charge in [-0.2, -0.15) is 0 Å². The average Bonchev–Trinajstić information content (AvgIpc) is 2.72. The second-order valence-electron chi connectivity index (χ2n) is 3.42. The van der Waals surface area contributed by atoms with Crippen molar-refractivity contribution in [3.05, 3.63) is 40.6 Å². The molecule has 2 aromatic rings. The predicted molar refractivity (Wildman–Crippen MR) is 68.7 cm³/mol. The summed E-state index contributed by atoms with van der Waals surface area (Å²) in [5, 5.41) is 5.45. The molecule has 0 amide bonds. The van der Waals surface area contributed by atoms with Crippen molar-refractivity contribution in [3.63, 3.8) is 0 Å². The normalized spacial score (nSPS) is 10.3. The van der Waals surface area contributed by atoms with E-state index in [1.165, 1.54) is 21.7 Å². The third-order valence-electron chi connectivity index (χ3n) is 2.52. The number of aryl methyl sites for hydroxylation is 1. The Morgan fingerprint density at radius 2 is 1.93 bits per heavy atom. The van der Waals surface area contributed by atoms with E-state index < -0.39 is 0 Å². The molecule has 0 saturated heterocycles. The standard InChI is InChI=1S/C13H15NS/c1-3-12-13(11(14-2)9-15-12)10-7-5-4-6-8-10/h4-9,14H,3H2,1-2H3. The van der Waals surface area contributed by atoms with Gasteiger partial charge in [0.05, 0.1) is 5.69 Å². The Labute approximate surface area is 94.8 Å². The molecule has 0 unspecified atom stereocenters. The molecule has 2 rings (SSSR count). The van der Waals surface area contributed by atoms with Gasteiger partial charge in [0.1, 0.15) is 0 Å². The van der Waals surface area contributed by atoms with Crippen LogP contribution in [-0.4, -0.2) is 7.05 Å². The molecule has 78 valence electrons. The maximum absolute atomic E-state index is 3.26. The predicted octanol–water partition coefficient (Wildman–Crippen LogP) is 4.02. The number of hydrogen-bond donors (Lipinski definition) is 1. The Kier molecular flexibility index (Phi) is 3.07. The summed E-state index contributed by atoms with van der Waals surface area (Å²) in [6, 6.07) is 10.6. The van der Waals surface area contributed by atoms with Crippen LogP contribution < -0.4 is 5.32 Å². The van der Waals surface area contributed by atoms with E-state index in [0.717, 1.165) is 6.42 Å². The van der Waals surface area contributed by atoms with Crippen molar-refractivity contribution in [2.24, 2.45) is 0 Å². The number of thiophene rings is 1. The number of anilines is 1. The van der Waals surface area contributed by atoms with Gasteiger partial charge >= 0.3 is 0 Å². The lowest BCUT2D eigenvalue weighted by Gasteiger charge is -2.06. The van der Waals surface area contributed by atoms with Crippen LogP contribution in [-0.2, 0) is 6.42 Å². The molecule has 1 aromatic heterocycles. The molecular formula is C13H15NS. The summed E-state index contributed by atoms with van der Waals surface area (Å²) < 4.78 is 0. The number of hydrogen-bond acceptors (Lipinski definition) is 2. The van der Waals surface area contributed by atoms with Crippen LogP contribution in [0.15, 0.2) is 35.7 Å². The van der Waals surface area contributed by atoms with E-state index >= 15 is 0 Å². The summed E-state index contributed by atoms with van der Waals surface area (Å²) in [4.78, 5) is 1.45. The van der Waals surface area contributed by atoms with E-state index in [4.69, 9.17) is 0 Å². The Hall–Kier alpha value is -1.28. The lowest BCUT2D eigenvalue weighted by atomic mass is 10.0. The van der Waals surface area contributed by atoms with Gasteiger partial charge in [-0.25, -0.2) is 0 Å². The van der Waals surface area contributed by atoms with Crippen molar-refractivity contribution in [2.75, 3.05) is 12.4 Å². The van der Waals surface area contributed by atoms with Gasteiger partial charge < -0.3 is 5.32 Å². The number of benzene rings is 1. The minimum absolute atomic E-state index is 1.09. The molecule has 15 heavy (non-hydrogen) atoms. The van der Waals surface area contributed by atoms with Gasteiger partial charge in [-0.15, -0.1) is 11.3 Å². The third kappa shape index (κ3) is 1.90. The van der Waals surface area contributed by atoms with E-state index in [-0.39, 0.29) is 0 Å². The molecule has 0 aliphatic carbocycles. The van der Waals surface area contributed by atoms with Gasteiger partial charge in [0.15, 0.2) is 0 Å². The Bertz CT molecular complexity index is 410. The van der Waals surface area contributed by atoms with Crippen molar-refractivity contribution < 1.29 is 0 Å². The van der Waals surface area contributed by atoms with Gasteiger partial charge in [0.2, 0.25) is 0 Å². The highest BCUT2D eigenvalue weighted by Gasteiger charge is 2.10. The van der Waals surface area contributed by atoms with Crippen LogP contribution in [0, 0.1) is 0 Å². The van der Waals surface area contributed by atoms with Crippen LogP contribution >= 0.6 is 11.3 Å². The minimum atomic E-state index is 1.09. The first kappa shape index (κ1) is 10.2. The topological polar surface area (TPSA) is 12.0 Å². The van der Waals surface area contributed by atoms with Crippen molar-refractivity contribution in [3.8, 4) is 11.1 Å². The molecule has 0 atom stereocenters. The van der Waals surface area contributed by atoms with Crippen LogP contribution in [0.4, 0.5) is 5.69 Å². The maximum Gasteiger partial charge on any atom is 0.0528 e. The average molecular weight is 217 g/mol. The summed E-state index contributed by atoms with van der Waals surface area (Å²) in [6.07, 6.45) is 1.09. The van der Waals surface area contributed by atoms with Crippen LogP contribution in [0.25, 0.3) is 11.1 Å². The fourth-order valence-electron chi connectivity index (χ4n) is 1.76. The van der Waals surface area contributed by atoms with Crippen molar-refractivity contribution in [1.82, 2.24) is 0 Å². The largest absolute Gasteiger partial charge is 0.387 e. The molecule has 0 spiro atoms. The maximum atomic E-state index is 3.26. The first-order chi connectivity index (χ1) is 7.36. The van der Waals surface area contributed by atoms with Crippen molar-refractivity contribution in [1.29, 1.82) is 0 Å². The fraction of sp³-hybridized carbons (Fsp3) is 0.231. The van der Waals surface area contributed by atoms with Crippen LogP contribution in [0.5, 0.6) is 0 Å². The molecule has 0 fully saturated rings. The van der Waals surface area contributed by atoms with Gasteiger partial charge in [0, 0.05) is 22.9 Å². The molecule has 1 heterocycles. The van der Waals surface area contributed by atoms with Gasteiger partial charge in [0.25, 0.3) is 0 Å². The highest BCUT2D eigenvalue weighted by Crippen LogP contribution is 2.36. The van der Waals surface area contributed by atoms with E-state index in [2.05, 4.69) is 48.0 Å². The molecule has 1 N–H and O–H groups in total. The second kappa shape index (κ2) is 4.49. The van der Waals surface area contributed by atoms with E-state index in [1.54, 1.807) is 0 Å². The zero-order valence-electron chi connectivity index (χ0n) is 9.08. The molecule has 0 bridgehead atoms. The highest BCUT2D eigenvalue weighted by molar-refractivity contribution is 7.11. The molecular weight excluding hydrogens is 202 g/mol. The SMILES string of the molecule is CCc1scc(NC)c1-c1ccccc1. The van der Waals surface area contributed by atoms with E-state index in [1.807, 2.05) is 18.4 Å². The molecule has 0 aliphatic rings. The van der Waals surface area contributed by atoms with Crippen molar-refractivity contribution >= 4 is 17.0 Å². The number of rotatable bonds is 3. The highest BCUT2D eigenvalue weighted by atomic mass is 32.1. The molecule has 1 nitrogen and oxygen atoms in total. The third-order valence-corrected chi connectivity index (χ3v) is 3.65. The first-order valence-corrected chi connectivity index (χ1v) is 6.08. The Morgan fingerprint density at radius 1 is 1.20 bits per heavy atom. The Morgan fingerprint density at radius 3 is 2.53 bits per heavy atom. The quantitative estimate of drug-likeness (QED) is 0.818. The lowest BCUT2D eigenvalue weighted by Crippen LogP contribution is -1.89. The zero-order chi connectivity index (χ0) is 10.7. The van der Waals surface area contributed by atoms with Gasteiger partial charge in [-0.3, -0.25) is 0 Å². The summed E-state index contributed by atoms with van der Waals surface area (Å²) in [7, 11) is 1.98. The van der Waals surface area contributed by atoms with E-state index in [0.29, 0.717) is 0 Å². The first-order valence-electron chi connectivity index (χ1n) is 5.20. The summed E-state index contributed by atoms with van der Waals surface area (Å²) >= 11 is 1.83. The van der Waals surface area contributed by atoms with Crippen molar-refractivity contribution in [2.45, 2.75) is 13.3 Å². The number of nitrogens with one attached hydrogen (secondary N) is 1. The zero-order valence-corrected chi connectivity index (χ0v) is 9.90. The summed E-state index contributed by atoms with van der Waals surface area (Å²) in [5.41, 5.74) is 3.91. The molecule has 0 aliphatic heterocycles. The monoisotopic (exact) mass is 217 g/mol. The molecule has 1 aromatic carbocycles. The smallest absolute Gasteiger partial charge is 0.0528 e. The molecule has 2 heteroatoms. The summed E-state index contributed by atoms with van der Waals surface area (Å²) in [6.45, 7) is 2.21. The van der Waals surface area contributed by atoms with E-state index in [9.17, 15) is 0 Å². The van der Waals surface area contributed by atoms with Crippen LogP contribution in [0.2, 0.25) is 0 Å². The summed E-state index contributed by atoms with van der Waals surface area (Å²) in [5.74, 6) is 0. The fourth-order valence-corrected chi connectivity index (χ4v) is 2.77. The Balaban J connectivity index is 2.55. The molecule has 0 radical (unpaired) electrons. The molecule has 0 saturated carbocycles. The van der Waals surface area contributed by atoms with Gasteiger partial charge in [-0.1, -0.05) is 37.3 Å². The minimum Gasteiger partial charge on any atom is -0.387 e. The lowest BCUT2D eigenvalue weighted by molar-refractivity contribution is 1.19. The van der Waals surface area contributed by atoms with Crippen LogP contribution in [0.1, 0.15) is 11.8 Å². The van der Waals surface area contributed by atoms with Gasteiger partial charge in [-0.05, 0) is 12.0 Å².